The number of aryl methyl sites for hydroxylation is 2. The molecule has 100 valence electrons. The number of para-hydroxylation sites is 1. The normalized spacial score (nSPS) is 12.2. The van der Waals surface area contributed by atoms with Gasteiger partial charge in [-0.3, -0.25) is 0 Å². The first-order valence-corrected chi connectivity index (χ1v) is 7.11. The molecule has 19 heavy (non-hydrogen) atoms. The average Bonchev–Trinajstić information content (AvgIpc) is 2.38. The Bertz CT molecular complexity index is 548. The van der Waals surface area contributed by atoms with Gasteiger partial charge >= 0.3 is 0 Å². The van der Waals surface area contributed by atoms with Crippen molar-refractivity contribution >= 4 is 21.6 Å². The van der Waals surface area contributed by atoms with E-state index in [-0.39, 0.29) is 0 Å². The Hall–Kier alpha value is -1.32. The van der Waals surface area contributed by atoms with Crippen LogP contribution < -0.4 is 5.32 Å². The third kappa shape index (κ3) is 3.58. The predicted molar refractivity (Wildman–Crippen MR) is 83.5 cm³/mol. The fourth-order valence-corrected chi connectivity index (χ4v) is 2.54. The number of halogens is 1. The van der Waals surface area contributed by atoms with Gasteiger partial charge in [-0.15, -0.1) is 0 Å². The number of anilines is 1. The Morgan fingerprint density at radius 3 is 2.37 bits per heavy atom. The number of nitrogens with one attached hydrogen (secondary N) is 1. The highest BCUT2D eigenvalue weighted by molar-refractivity contribution is 9.10. The van der Waals surface area contributed by atoms with E-state index in [0.29, 0.717) is 6.54 Å². The van der Waals surface area contributed by atoms with E-state index in [1.165, 1.54) is 11.1 Å². The van der Waals surface area contributed by atoms with Crippen molar-refractivity contribution in [3.8, 4) is 0 Å². The monoisotopic (exact) mass is 319 g/mol. The zero-order chi connectivity index (χ0) is 13.8. The van der Waals surface area contributed by atoms with Crippen molar-refractivity contribution in [1.82, 2.24) is 0 Å². The topological polar surface area (TPSA) is 32.3 Å². The maximum atomic E-state index is 10.2. The molecule has 3 heteroatoms. The lowest BCUT2D eigenvalue weighted by molar-refractivity contribution is 0.191. The summed E-state index contributed by atoms with van der Waals surface area (Å²) in [5.74, 6) is 0. The molecule has 2 nitrogen and oxygen atoms in total. The first-order chi connectivity index (χ1) is 9.08. The van der Waals surface area contributed by atoms with Crippen LogP contribution in [0.2, 0.25) is 0 Å². The van der Waals surface area contributed by atoms with Gasteiger partial charge in [0.25, 0.3) is 0 Å². The largest absolute Gasteiger partial charge is 0.387 e. The van der Waals surface area contributed by atoms with E-state index in [2.05, 4.69) is 47.2 Å². The van der Waals surface area contributed by atoms with Crippen LogP contribution in [0.3, 0.4) is 0 Å². The van der Waals surface area contributed by atoms with Crippen molar-refractivity contribution < 1.29 is 5.11 Å². The lowest BCUT2D eigenvalue weighted by Crippen LogP contribution is -2.13. The Morgan fingerprint density at radius 1 is 1.11 bits per heavy atom. The van der Waals surface area contributed by atoms with E-state index >= 15 is 0 Å². The molecule has 0 aliphatic rings. The summed E-state index contributed by atoms with van der Waals surface area (Å²) < 4.78 is 0.983. The second-order valence-electron chi connectivity index (χ2n) is 4.72. The summed E-state index contributed by atoms with van der Waals surface area (Å²) in [6.07, 6.45) is -0.517. The van der Waals surface area contributed by atoms with Crippen LogP contribution in [0.1, 0.15) is 22.8 Å². The molecule has 1 unspecified atom stereocenters. The van der Waals surface area contributed by atoms with Crippen LogP contribution in [0, 0.1) is 13.8 Å². The molecular formula is C16H18BrNO. The van der Waals surface area contributed by atoms with Crippen molar-refractivity contribution in [1.29, 1.82) is 0 Å². The quantitative estimate of drug-likeness (QED) is 0.884. The zero-order valence-corrected chi connectivity index (χ0v) is 12.7. The molecule has 2 rings (SSSR count). The van der Waals surface area contributed by atoms with Gasteiger partial charge in [0, 0.05) is 16.7 Å². The van der Waals surface area contributed by atoms with Gasteiger partial charge in [0.15, 0.2) is 0 Å². The molecule has 0 heterocycles. The minimum atomic E-state index is -0.517. The Kier molecular flexibility index (Phi) is 4.61. The third-order valence-electron chi connectivity index (χ3n) is 3.19. The van der Waals surface area contributed by atoms with Crippen LogP contribution in [0.4, 0.5) is 5.69 Å². The van der Waals surface area contributed by atoms with Crippen LogP contribution in [0.15, 0.2) is 46.9 Å². The van der Waals surface area contributed by atoms with E-state index in [4.69, 9.17) is 0 Å². The van der Waals surface area contributed by atoms with E-state index < -0.39 is 6.10 Å². The predicted octanol–water partition coefficient (Wildman–Crippen LogP) is 4.21. The number of rotatable bonds is 4. The van der Waals surface area contributed by atoms with Gasteiger partial charge in [0.1, 0.15) is 0 Å². The van der Waals surface area contributed by atoms with Crippen LogP contribution >= 0.6 is 15.9 Å². The molecule has 2 aromatic carbocycles. The van der Waals surface area contributed by atoms with E-state index in [0.717, 1.165) is 15.7 Å². The second-order valence-corrected chi connectivity index (χ2v) is 5.63. The molecule has 0 fully saturated rings. The summed E-state index contributed by atoms with van der Waals surface area (Å²) in [5, 5.41) is 13.5. The fourth-order valence-electron chi connectivity index (χ4n) is 2.12. The van der Waals surface area contributed by atoms with Gasteiger partial charge in [-0.05, 0) is 42.7 Å². The molecule has 2 N–H and O–H groups in total. The highest BCUT2D eigenvalue weighted by Crippen LogP contribution is 2.22. The highest BCUT2D eigenvalue weighted by atomic mass is 79.9. The SMILES string of the molecule is Cc1cccc(C)c1NCC(O)c1cccc(Br)c1. The van der Waals surface area contributed by atoms with Crippen molar-refractivity contribution in [2.75, 3.05) is 11.9 Å². The van der Waals surface area contributed by atoms with E-state index in [1.807, 2.05) is 30.3 Å². The molecular weight excluding hydrogens is 302 g/mol. The number of benzene rings is 2. The van der Waals surface area contributed by atoms with E-state index in [1.54, 1.807) is 0 Å². The summed E-state index contributed by atoms with van der Waals surface area (Å²) >= 11 is 3.42. The number of hydrogen-bond acceptors (Lipinski definition) is 2. The van der Waals surface area contributed by atoms with Gasteiger partial charge in [0.2, 0.25) is 0 Å². The van der Waals surface area contributed by atoms with Gasteiger partial charge in [0.05, 0.1) is 6.10 Å². The molecule has 0 saturated carbocycles. The maximum Gasteiger partial charge on any atom is 0.0962 e. The van der Waals surface area contributed by atoms with Crippen LogP contribution in [-0.4, -0.2) is 11.7 Å². The summed E-state index contributed by atoms with van der Waals surface area (Å²) in [5.41, 5.74) is 4.41. The molecule has 0 saturated heterocycles. The van der Waals surface area contributed by atoms with Gasteiger partial charge < -0.3 is 10.4 Å². The summed E-state index contributed by atoms with van der Waals surface area (Å²) in [7, 11) is 0. The van der Waals surface area contributed by atoms with Gasteiger partial charge in [-0.25, -0.2) is 0 Å². The number of hydrogen-bond donors (Lipinski definition) is 2. The lowest BCUT2D eigenvalue weighted by Gasteiger charge is -2.16. The summed E-state index contributed by atoms with van der Waals surface area (Å²) in [4.78, 5) is 0. The second kappa shape index (κ2) is 6.22. The maximum absolute atomic E-state index is 10.2. The molecule has 0 spiro atoms. The molecule has 2 aromatic rings. The van der Waals surface area contributed by atoms with Crippen LogP contribution in [0.25, 0.3) is 0 Å². The Morgan fingerprint density at radius 2 is 1.74 bits per heavy atom. The zero-order valence-electron chi connectivity index (χ0n) is 11.2. The van der Waals surface area contributed by atoms with Crippen LogP contribution in [0.5, 0.6) is 0 Å². The van der Waals surface area contributed by atoms with Crippen LogP contribution in [-0.2, 0) is 0 Å². The minimum absolute atomic E-state index is 0.502. The summed E-state index contributed by atoms with van der Waals surface area (Å²) in [6, 6.07) is 13.9. The molecule has 1 atom stereocenters. The first kappa shape index (κ1) is 14.1. The number of aliphatic hydroxyl groups is 1. The Labute approximate surface area is 122 Å². The molecule has 0 aliphatic carbocycles. The smallest absolute Gasteiger partial charge is 0.0962 e. The lowest BCUT2D eigenvalue weighted by atomic mass is 10.1. The molecule has 0 aromatic heterocycles. The average molecular weight is 320 g/mol. The van der Waals surface area contributed by atoms with Crippen molar-refractivity contribution in [2.45, 2.75) is 20.0 Å². The molecule has 0 aliphatic heterocycles. The van der Waals surface area contributed by atoms with Crippen molar-refractivity contribution in [3.05, 3.63) is 63.6 Å². The molecule has 0 radical (unpaired) electrons. The van der Waals surface area contributed by atoms with Crippen molar-refractivity contribution in [3.63, 3.8) is 0 Å². The van der Waals surface area contributed by atoms with Crippen molar-refractivity contribution in [2.24, 2.45) is 0 Å². The minimum Gasteiger partial charge on any atom is -0.387 e. The molecule has 0 bridgehead atoms. The Balaban J connectivity index is 2.06. The number of aliphatic hydroxyl groups excluding tert-OH is 1. The van der Waals surface area contributed by atoms with Gasteiger partial charge in [-0.1, -0.05) is 46.3 Å². The third-order valence-corrected chi connectivity index (χ3v) is 3.68. The standard InChI is InChI=1S/C16H18BrNO/c1-11-5-3-6-12(2)16(11)18-10-15(19)13-7-4-8-14(17)9-13/h3-9,15,18-19H,10H2,1-2H3. The van der Waals surface area contributed by atoms with Gasteiger partial charge in [-0.2, -0.15) is 0 Å². The molecule has 0 amide bonds. The fraction of sp³-hybridized carbons (Fsp3) is 0.250. The van der Waals surface area contributed by atoms with E-state index in [9.17, 15) is 5.11 Å². The summed E-state index contributed by atoms with van der Waals surface area (Å²) in [6.45, 7) is 4.64. The first-order valence-electron chi connectivity index (χ1n) is 6.31. The highest BCUT2D eigenvalue weighted by Gasteiger charge is 2.09.